The third kappa shape index (κ3) is 5.76. The minimum atomic E-state index is -0.525. The lowest BCUT2D eigenvalue weighted by Crippen LogP contribution is -2.16. The number of hydrogen-bond acceptors (Lipinski definition) is 5. The molecule has 3 rings (SSSR count). The second-order valence-corrected chi connectivity index (χ2v) is 6.94. The Balaban J connectivity index is 1.65. The van der Waals surface area contributed by atoms with Crippen LogP contribution in [0.15, 0.2) is 42.6 Å². The average molecular weight is 418 g/mol. The number of rotatable bonds is 12. The van der Waals surface area contributed by atoms with Gasteiger partial charge in [0.1, 0.15) is 5.52 Å². The van der Waals surface area contributed by atoms with Crippen molar-refractivity contribution in [3.05, 3.63) is 59.1 Å². The SMILES string of the molecule is CCOC(OCC)c1nc2c(Cl)nccc2n1CCCCOCc1ccccc1. The highest BCUT2D eigenvalue weighted by atomic mass is 35.5. The summed E-state index contributed by atoms with van der Waals surface area (Å²) < 4.78 is 19.5. The molecule has 0 aliphatic carbocycles. The number of nitrogens with zero attached hydrogens (tertiary/aromatic N) is 3. The molecule has 7 heteroatoms. The van der Waals surface area contributed by atoms with Crippen molar-refractivity contribution in [2.45, 2.75) is 46.1 Å². The van der Waals surface area contributed by atoms with Crippen LogP contribution in [0.4, 0.5) is 0 Å². The summed E-state index contributed by atoms with van der Waals surface area (Å²) in [6.07, 6.45) is 3.06. The first-order valence-corrected chi connectivity index (χ1v) is 10.5. The molecule has 1 aromatic carbocycles. The fraction of sp³-hybridized carbons (Fsp3) is 0.455. The number of fused-ring (bicyclic) bond motifs is 1. The Morgan fingerprint density at radius 2 is 1.79 bits per heavy atom. The summed E-state index contributed by atoms with van der Waals surface area (Å²) in [5, 5.41) is 0.389. The van der Waals surface area contributed by atoms with Gasteiger partial charge >= 0.3 is 0 Å². The molecule has 0 saturated carbocycles. The first kappa shape index (κ1) is 21.7. The Hall–Kier alpha value is -1.99. The van der Waals surface area contributed by atoms with E-state index < -0.39 is 6.29 Å². The normalized spacial score (nSPS) is 11.6. The number of hydrogen-bond donors (Lipinski definition) is 0. The molecule has 0 atom stereocenters. The number of aromatic nitrogens is 3. The molecule has 0 saturated heterocycles. The van der Waals surface area contributed by atoms with Crippen LogP contribution in [-0.2, 0) is 27.4 Å². The molecule has 0 aliphatic rings. The number of aryl methyl sites for hydroxylation is 1. The monoisotopic (exact) mass is 417 g/mol. The Morgan fingerprint density at radius 1 is 1.03 bits per heavy atom. The molecule has 0 bridgehead atoms. The predicted octanol–water partition coefficient (Wildman–Crippen LogP) is 5.15. The second kappa shape index (κ2) is 11.3. The van der Waals surface area contributed by atoms with E-state index in [2.05, 4.69) is 21.7 Å². The molecule has 2 heterocycles. The van der Waals surface area contributed by atoms with Crippen molar-refractivity contribution in [1.82, 2.24) is 14.5 Å². The summed E-state index contributed by atoms with van der Waals surface area (Å²) in [7, 11) is 0. The summed E-state index contributed by atoms with van der Waals surface area (Å²) in [5.41, 5.74) is 2.80. The Kier molecular flexibility index (Phi) is 8.43. The Labute approximate surface area is 176 Å². The zero-order chi connectivity index (χ0) is 20.5. The molecular weight excluding hydrogens is 390 g/mol. The van der Waals surface area contributed by atoms with Gasteiger partial charge in [0.15, 0.2) is 11.0 Å². The van der Waals surface area contributed by atoms with Crippen molar-refractivity contribution in [3.63, 3.8) is 0 Å². The van der Waals surface area contributed by atoms with Crippen LogP contribution in [0, 0.1) is 0 Å². The van der Waals surface area contributed by atoms with Gasteiger partial charge in [0, 0.05) is 32.6 Å². The van der Waals surface area contributed by atoms with Crippen LogP contribution in [0.2, 0.25) is 5.15 Å². The summed E-state index contributed by atoms with van der Waals surface area (Å²) in [4.78, 5) is 8.84. The minimum Gasteiger partial charge on any atom is -0.377 e. The molecule has 0 unspecified atom stereocenters. The van der Waals surface area contributed by atoms with Gasteiger partial charge in [0.25, 0.3) is 0 Å². The van der Waals surface area contributed by atoms with Gasteiger partial charge < -0.3 is 18.8 Å². The van der Waals surface area contributed by atoms with Gasteiger partial charge in [-0.15, -0.1) is 0 Å². The van der Waals surface area contributed by atoms with Gasteiger partial charge in [0.2, 0.25) is 6.29 Å². The topological polar surface area (TPSA) is 58.4 Å². The van der Waals surface area contributed by atoms with E-state index in [1.165, 1.54) is 5.56 Å². The smallest absolute Gasteiger partial charge is 0.217 e. The molecular formula is C22H28ClN3O3. The van der Waals surface area contributed by atoms with Crippen molar-refractivity contribution in [2.24, 2.45) is 0 Å². The van der Waals surface area contributed by atoms with Gasteiger partial charge in [-0.05, 0) is 38.3 Å². The van der Waals surface area contributed by atoms with E-state index in [0.29, 0.717) is 37.1 Å². The fourth-order valence-corrected chi connectivity index (χ4v) is 3.39. The van der Waals surface area contributed by atoms with Gasteiger partial charge in [-0.25, -0.2) is 9.97 Å². The summed E-state index contributed by atoms with van der Waals surface area (Å²) in [6.45, 7) is 7.07. The number of benzene rings is 1. The van der Waals surface area contributed by atoms with Crippen molar-refractivity contribution in [3.8, 4) is 0 Å². The van der Waals surface area contributed by atoms with E-state index in [1.807, 2.05) is 38.1 Å². The highest BCUT2D eigenvalue weighted by molar-refractivity contribution is 6.33. The van der Waals surface area contributed by atoms with Crippen molar-refractivity contribution >= 4 is 22.6 Å². The van der Waals surface area contributed by atoms with E-state index in [4.69, 9.17) is 30.8 Å². The predicted molar refractivity (Wildman–Crippen MR) is 114 cm³/mol. The molecule has 0 spiro atoms. The Morgan fingerprint density at radius 3 is 2.52 bits per heavy atom. The van der Waals surface area contributed by atoms with Crippen LogP contribution in [0.1, 0.15) is 44.4 Å². The average Bonchev–Trinajstić information content (AvgIpc) is 3.11. The van der Waals surface area contributed by atoms with Gasteiger partial charge in [-0.1, -0.05) is 41.9 Å². The molecule has 0 N–H and O–H groups in total. The highest BCUT2D eigenvalue weighted by Crippen LogP contribution is 2.27. The molecule has 0 amide bonds. The number of pyridine rings is 1. The molecule has 0 radical (unpaired) electrons. The van der Waals surface area contributed by atoms with Crippen molar-refractivity contribution in [1.29, 1.82) is 0 Å². The molecule has 6 nitrogen and oxygen atoms in total. The molecule has 2 aromatic heterocycles. The van der Waals surface area contributed by atoms with Crippen LogP contribution in [0.5, 0.6) is 0 Å². The summed E-state index contributed by atoms with van der Waals surface area (Å²) in [6, 6.07) is 12.1. The molecule has 0 fully saturated rings. The van der Waals surface area contributed by atoms with E-state index in [0.717, 1.165) is 30.7 Å². The molecule has 29 heavy (non-hydrogen) atoms. The fourth-order valence-electron chi connectivity index (χ4n) is 3.19. The molecule has 156 valence electrons. The maximum Gasteiger partial charge on any atom is 0.217 e. The lowest BCUT2D eigenvalue weighted by atomic mass is 10.2. The van der Waals surface area contributed by atoms with E-state index >= 15 is 0 Å². The number of ether oxygens (including phenoxy) is 3. The summed E-state index contributed by atoms with van der Waals surface area (Å²) in [5.74, 6) is 0.726. The number of imidazole rings is 1. The summed E-state index contributed by atoms with van der Waals surface area (Å²) >= 11 is 6.27. The minimum absolute atomic E-state index is 0.389. The van der Waals surface area contributed by atoms with Crippen molar-refractivity contribution < 1.29 is 14.2 Å². The number of unbranched alkanes of at least 4 members (excludes halogenated alkanes) is 1. The first-order chi connectivity index (χ1) is 14.2. The van der Waals surface area contributed by atoms with E-state index in [-0.39, 0.29) is 0 Å². The Bertz CT molecular complexity index is 880. The van der Waals surface area contributed by atoms with E-state index in [1.54, 1.807) is 6.20 Å². The lowest BCUT2D eigenvalue weighted by Gasteiger charge is -2.18. The highest BCUT2D eigenvalue weighted by Gasteiger charge is 2.22. The maximum absolute atomic E-state index is 6.27. The van der Waals surface area contributed by atoms with Gasteiger partial charge in [-0.3, -0.25) is 0 Å². The van der Waals surface area contributed by atoms with Crippen LogP contribution in [-0.4, -0.2) is 34.4 Å². The van der Waals surface area contributed by atoms with Crippen LogP contribution >= 0.6 is 11.6 Å². The van der Waals surface area contributed by atoms with Gasteiger partial charge in [0.05, 0.1) is 12.1 Å². The second-order valence-electron chi connectivity index (χ2n) is 6.58. The third-order valence-corrected chi connectivity index (χ3v) is 4.81. The zero-order valence-corrected chi connectivity index (χ0v) is 17.8. The maximum atomic E-state index is 6.27. The van der Waals surface area contributed by atoms with Crippen molar-refractivity contribution in [2.75, 3.05) is 19.8 Å². The molecule has 0 aliphatic heterocycles. The zero-order valence-electron chi connectivity index (χ0n) is 17.0. The molecule has 3 aromatic rings. The third-order valence-electron chi connectivity index (χ3n) is 4.53. The van der Waals surface area contributed by atoms with Gasteiger partial charge in [-0.2, -0.15) is 0 Å². The lowest BCUT2D eigenvalue weighted by molar-refractivity contribution is -0.146. The largest absolute Gasteiger partial charge is 0.377 e. The van der Waals surface area contributed by atoms with Crippen LogP contribution in [0.25, 0.3) is 11.0 Å². The van der Waals surface area contributed by atoms with E-state index in [9.17, 15) is 0 Å². The number of halogens is 1. The van der Waals surface area contributed by atoms with Crippen LogP contribution < -0.4 is 0 Å². The first-order valence-electron chi connectivity index (χ1n) is 10.1. The standard InChI is InChI=1S/C22H28ClN3O3/c1-3-28-22(29-4-2)21-25-19-18(12-13-24-20(19)23)26(21)14-8-9-15-27-16-17-10-6-5-7-11-17/h5-7,10-13,22H,3-4,8-9,14-16H2,1-2H3. The van der Waals surface area contributed by atoms with Crippen LogP contribution in [0.3, 0.4) is 0 Å². The quantitative estimate of drug-likeness (QED) is 0.231.